The van der Waals surface area contributed by atoms with E-state index in [4.69, 9.17) is 19.8 Å². The Balaban J connectivity index is 1.52. The molecule has 32 heavy (non-hydrogen) atoms. The molecule has 4 unspecified atom stereocenters. The number of ether oxygens (including phenoxy) is 2. The highest BCUT2D eigenvalue weighted by Crippen LogP contribution is 2.38. The number of hydrogen-bond acceptors (Lipinski definition) is 10. The minimum absolute atomic E-state index is 0.185. The molecule has 3 heterocycles. The van der Waals surface area contributed by atoms with Crippen molar-refractivity contribution in [2.45, 2.75) is 69.7 Å². The van der Waals surface area contributed by atoms with Crippen LogP contribution in [0.5, 0.6) is 0 Å². The smallest absolute Gasteiger partial charge is 0.235 e. The summed E-state index contributed by atoms with van der Waals surface area (Å²) in [5.74, 6) is 5.79. The monoisotopic (exact) mass is 465 g/mol. The highest BCUT2D eigenvalue weighted by atomic mass is 31.2. The second-order valence-corrected chi connectivity index (χ2v) is 9.41. The Bertz CT molecular complexity index is 973. The van der Waals surface area contributed by atoms with E-state index >= 15 is 0 Å². The average molecular weight is 465 g/mol. The molecule has 174 valence electrons. The van der Waals surface area contributed by atoms with Gasteiger partial charge in [-0.1, -0.05) is 18.8 Å². The van der Waals surface area contributed by atoms with Gasteiger partial charge in [-0.05, 0) is 38.5 Å². The maximum Gasteiger partial charge on any atom is 0.235 e. The van der Waals surface area contributed by atoms with Gasteiger partial charge in [-0.15, -0.1) is 0 Å². The lowest BCUT2D eigenvalue weighted by molar-refractivity contribution is -0.143. The van der Waals surface area contributed by atoms with Gasteiger partial charge in [0.1, 0.15) is 18.3 Å². The summed E-state index contributed by atoms with van der Waals surface area (Å²) in [5.41, 5.74) is 0.621. The number of rotatable bonds is 8. The molecule has 4 atom stereocenters. The van der Waals surface area contributed by atoms with E-state index in [1.807, 2.05) is 0 Å². The van der Waals surface area contributed by atoms with Crippen LogP contribution in [0.25, 0.3) is 11.0 Å². The van der Waals surface area contributed by atoms with E-state index in [1.165, 1.54) is 12.8 Å². The van der Waals surface area contributed by atoms with Crippen LogP contribution in [-0.4, -0.2) is 66.2 Å². The van der Waals surface area contributed by atoms with Crippen molar-refractivity contribution in [1.82, 2.24) is 19.7 Å². The summed E-state index contributed by atoms with van der Waals surface area (Å²) < 4.78 is 17.3. The Labute approximate surface area is 186 Å². The minimum atomic E-state index is -2.04. The summed E-state index contributed by atoms with van der Waals surface area (Å²) in [6.07, 6.45) is 7.29. The molecule has 0 radical (unpaired) electrons. The Morgan fingerprint density at radius 3 is 2.88 bits per heavy atom. The molecular weight excluding hydrogens is 437 g/mol. The predicted molar refractivity (Wildman–Crippen MR) is 117 cm³/mol. The van der Waals surface area contributed by atoms with Gasteiger partial charge >= 0.3 is 0 Å². The van der Waals surface area contributed by atoms with Gasteiger partial charge in [0, 0.05) is 6.04 Å². The van der Waals surface area contributed by atoms with E-state index in [1.54, 1.807) is 17.8 Å². The van der Waals surface area contributed by atoms with Crippen LogP contribution >= 0.6 is 8.38 Å². The predicted octanol–water partition coefficient (Wildman–Crippen LogP) is 2.36. The number of hydrogen-bond donors (Lipinski definition) is 4. The first-order valence-electron chi connectivity index (χ1n) is 10.8. The summed E-state index contributed by atoms with van der Waals surface area (Å²) >= 11 is 0. The third kappa shape index (κ3) is 5.35. The molecule has 11 nitrogen and oxygen atoms in total. The summed E-state index contributed by atoms with van der Waals surface area (Å²) in [6.45, 7) is 1.62. The third-order valence-corrected chi connectivity index (χ3v) is 6.64. The molecule has 1 aliphatic carbocycles. The fourth-order valence-electron chi connectivity index (χ4n) is 4.05. The number of nitrogens with one attached hydrogen (secondary N) is 1. The lowest BCUT2D eigenvalue weighted by atomic mass is 10.2. The average Bonchev–Trinajstić information content (AvgIpc) is 3.56. The summed E-state index contributed by atoms with van der Waals surface area (Å²) in [6, 6.07) is 0.362. The van der Waals surface area contributed by atoms with E-state index in [0.29, 0.717) is 23.3 Å². The number of aliphatic hydroxyl groups is 1. The van der Waals surface area contributed by atoms with Gasteiger partial charge in [-0.2, -0.15) is 9.77 Å². The van der Waals surface area contributed by atoms with Crippen LogP contribution in [0.3, 0.4) is 0 Å². The molecule has 12 heteroatoms. The molecular formula is C20H28N5O6P. The van der Waals surface area contributed by atoms with Crippen LogP contribution in [0.2, 0.25) is 0 Å². The molecule has 0 spiro atoms. The third-order valence-electron chi connectivity index (χ3n) is 5.70. The molecule has 0 aromatic carbocycles. The molecule has 1 saturated heterocycles. The Kier molecular flexibility index (Phi) is 7.86. The van der Waals surface area contributed by atoms with Crippen LogP contribution < -0.4 is 5.32 Å². The Morgan fingerprint density at radius 2 is 2.12 bits per heavy atom. The van der Waals surface area contributed by atoms with Gasteiger partial charge in [-0.25, -0.2) is 19.9 Å². The zero-order valence-corrected chi connectivity index (χ0v) is 18.7. The maximum atomic E-state index is 9.50. The summed E-state index contributed by atoms with van der Waals surface area (Å²) in [5, 5.41) is 26.5. The first-order valence-corrected chi connectivity index (χ1v) is 12.1. The van der Waals surface area contributed by atoms with Crippen LogP contribution in [0.1, 0.15) is 57.5 Å². The topological polar surface area (TPSA) is 144 Å². The van der Waals surface area contributed by atoms with Crippen molar-refractivity contribution in [3.8, 4) is 11.8 Å². The minimum Gasteiger partial charge on any atom is -0.384 e. The number of fused-ring (bicyclic) bond motifs is 1. The Hall–Kier alpha value is -1.90. The van der Waals surface area contributed by atoms with Gasteiger partial charge in [0.15, 0.2) is 11.9 Å². The summed E-state index contributed by atoms with van der Waals surface area (Å²) in [4.78, 5) is 18.6. The highest BCUT2D eigenvalue weighted by Gasteiger charge is 2.31. The number of anilines is 1. The first kappa shape index (κ1) is 23.3. The second kappa shape index (κ2) is 10.8. The van der Waals surface area contributed by atoms with Crippen LogP contribution in [0, 0.1) is 11.8 Å². The fourth-order valence-corrected chi connectivity index (χ4v) is 4.40. The fraction of sp³-hybridized carbons (Fsp3) is 0.650. The molecule has 1 saturated carbocycles. The molecule has 4 rings (SSSR count). The van der Waals surface area contributed by atoms with Crippen molar-refractivity contribution in [3.05, 3.63) is 12.0 Å². The normalized spacial score (nSPS) is 23.2. The highest BCUT2D eigenvalue weighted by molar-refractivity contribution is 7.46. The summed E-state index contributed by atoms with van der Waals surface area (Å²) in [7, 11) is -2.04. The van der Waals surface area contributed by atoms with Crippen molar-refractivity contribution < 1.29 is 29.4 Å². The zero-order valence-electron chi connectivity index (χ0n) is 17.8. The molecule has 2 aromatic rings. The van der Waals surface area contributed by atoms with Crippen molar-refractivity contribution in [3.63, 3.8) is 0 Å². The maximum absolute atomic E-state index is 9.50. The van der Waals surface area contributed by atoms with E-state index in [9.17, 15) is 4.89 Å². The van der Waals surface area contributed by atoms with Crippen LogP contribution in [0.4, 0.5) is 5.82 Å². The quantitative estimate of drug-likeness (QED) is 0.198. The van der Waals surface area contributed by atoms with Crippen LogP contribution in [-0.2, 0) is 14.1 Å². The van der Waals surface area contributed by atoms with Gasteiger partial charge < -0.3 is 24.8 Å². The number of aromatic nitrogens is 4. The van der Waals surface area contributed by atoms with Crippen molar-refractivity contribution in [2.75, 3.05) is 18.5 Å². The molecule has 2 fully saturated rings. The molecule has 2 aromatic heterocycles. The number of nitrogens with zero attached hydrogens (tertiary/aromatic N) is 4. The van der Waals surface area contributed by atoms with Crippen molar-refractivity contribution >= 4 is 25.2 Å². The van der Waals surface area contributed by atoms with Crippen LogP contribution in [0.15, 0.2) is 6.20 Å². The van der Waals surface area contributed by atoms with Crippen molar-refractivity contribution in [1.29, 1.82) is 0 Å². The lowest BCUT2D eigenvalue weighted by Gasteiger charge is -2.19. The number of aliphatic hydroxyl groups excluding tert-OH is 1. The molecule has 0 bridgehead atoms. The SMILES string of the molecule is CC(OCC1CCC(n2ncc3c(NC4CCCC4)nc(C#CCO)nc32)O1)P(O)OO. The standard InChI is InChI=1S/C20H28N5O6P/c1-13(32(28)31-27)29-12-15-8-9-18(30-15)25-20-16(11-21-25)19(22-14-5-2-3-6-14)23-17(24-20)7-4-10-26/h11,13-15,18,26-28H,2-3,5-6,8-10,12H2,1H3,(H,22,23,24). The van der Waals surface area contributed by atoms with Gasteiger partial charge in [0.2, 0.25) is 14.2 Å². The first-order chi connectivity index (χ1) is 15.6. The Morgan fingerprint density at radius 1 is 1.31 bits per heavy atom. The molecule has 4 N–H and O–H groups in total. The van der Waals surface area contributed by atoms with Gasteiger partial charge in [0.05, 0.1) is 24.3 Å². The van der Waals surface area contributed by atoms with Gasteiger partial charge in [-0.3, -0.25) is 0 Å². The van der Waals surface area contributed by atoms with E-state index in [0.717, 1.165) is 31.1 Å². The zero-order chi connectivity index (χ0) is 22.5. The van der Waals surface area contributed by atoms with E-state index in [-0.39, 0.29) is 25.5 Å². The molecule has 0 amide bonds. The molecule has 1 aliphatic heterocycles. The lowest BCUT2D eigenvalue weighted by Crippen LogP contribution is -2.20. The van der Waals surface area contributed by atoms with E-state index in [2.05, 4.69) is 36.9 Å². The van der Waals surface area contributed by atoms with Crippen molar-refractivity contribution in [2.24, 2.45) is 0 Å². The van der Waals surface area contributed by atoms with E-state index < -0.39 is 14.2 Å². The van der Waals surface area contributed by atoms with Gasteiger partial charge in [0.25, 0.3) is 0 Å². The molecule has 2 aliphatic rings. The largest absolute Gasteiger partial charge is 0.384 e. The second-order valence-electron chi connectivity index (χ2n) is 7.91.